The second-order valence-electron chi connectivity index (χ2n) is 8.85. The Morgan fingerprint density at radius 1 is 1.17 bits per heavy atom. The summed E-state index contributed by atoms with van der Waals surface area (Å²) in [5.41, 5.74) is 1.84. The minimum Gasteiger partial charge on any atom is -0.496 e. The van der Waals surface area contributed by atoms with Gasteiger partial charge in [-0.25, -0.2) is 0 Å². The van der Waals surface area contributed by atoms with Gasteiger partial charge in [-0.1, -0.05) is 18.2 Å². The summed E-state index contributed by atoms with van der Waals surface area (Å²) >= 11 is 0. The maximum absolute atomic E-state index is 13.2. The summed E-state index contributed by atoms with van der Waals surface area (Å²) in [4.78, 5) is 38.9. The van der Waals surface area contributed by atoms with Gasteiger partial charge in [-0.2, -0.15) is 0 Å². The Hall–Kier alpha value is -3.59. The molecule has 2 heterocycles. The van der Waals surface area contributed by atoms with Gasteiger partial charge >= 0.3 is 0 Å². The number of nitrogens with one attached hydrogen (secondary N) is 2. The van der Waals surface area contributed by atoms with Crippen LogP contribution in [-0.4, -0.2) is 61.6 Å². The number of methoxy groups -OCH3 is 1. The number of nitrogens with zero attached hydrogens (tertiary/aromatic N) is 1. The van der Waals surface area contributed by atoms with E-state index in [0.29, 0.717) is 36.4 Å². The van der Waals surface area contributed by atoms with Crippen molar-refractivity contribution in [3.05, 3.63) is 53.6 Å². The minimum atomic E-state index is -0.354. The normalized spacial score (nSPS) is 21.5. The molecule has 1 saturated heterocycles. The van der Waals surface area contributed by atoms with Crippen LogP contribution in [0.2, 0.25) is 0 Å². The van der Waals surface area contributed by atoms with Crippen molar-refractivity contribution in [1.29, 1.82) is 0 Å². The minimum absolute atomic E-state index is 0.105. The van der Waals surface area contributed by atoms with Gasteiger partial charge in [0, 0.05) is 31.8 Å². The van der Waals surface area contributed by atoms with E-state index in [1.165, 1.54) is 6.92 Å². The molecule has 2 aliphatic rings. The maximum Gasteiger partial charge on any atom is 0.257 e. The Kier molecular flexibility index (Phi) is 7.55. The molecule has 3 amide bonds. The molecule has 2 aromatic carbocycles. The molecule has 0 radical (unpaired) electrons. The Bertz CT molecular complexity index is 1100. The van der Waals surface area contributed by atoms with Gasteiger partial charge in [-0.3, -0.25) is 14.4 Å². The van der Waals surface area contributed by atoms with Gasteiger partial charge in [-0.15, -0.1) is 0 Å². The molecule has 9 heteroatoms. The molecule has 186 valence electrons. The highest BCUT2D eigenvalue weighted by atomic mass is 16.5. The van der Waals surface area contributed by atoms with E-state index in [9.17, 15) is 14.4 Å². The van der Waals surface area contributed by atoms with Crippen molar-refractivity contribution in [3.8, 4) is 11.5 Å². The van der Waals surface area contributed by atoms with Crippen LogP contribution in [-0.2, 0) is 20.9 Å². The molecule has 0 unspecified atom stereocenters. The number of para-hydroxylation sites is 1. The van der Waals surface area contributed by atoms with Gasteiger partial charge in [-0.05, 0) is 37.1 Å². The summed E-state index contributed by atoms with van der Waals surface area (Å²) < 4.78 is 17.5. The molecule has 9 nitrogen and oxygen atoms in total. The van der Waals surface area contributed by atoms with E-state index >= 15 is 0 Å². The molecule has 2 aromatic rings. The van der Waals surface area contributed by atoms with E-state index in [0.717, 1.165) is 11.3 Å². The van der Waals surface area contributed by atoms with Gasteiger partial charge < -0.3 is 29.7 Å². The zero-order chi connectivity index (χ0) is 24.9. The molecule has 0 bridgehead atoms. The van der Waals surface area contributed by atoms with E-state index < -0.39 is 0 Å². The van der Waals surface area contributed by atoms with Crippen molar-refractivity contribution in [2.75, 3.05) is 26.1 Å². The maximum atomic E-state index is 13.2. The van der Waals surface area contributed by atoms with Gasteiger partial charge in [0.15, 0.2) is 0 Å². The summed E-state index contributed by atoms with van der Waals surface area (Å²) in [7, 11) is 3.36. The number of amides is 3. The molecule has 0 saturated carbocycles. The van der Waals surface area contributed by atoms with Gasteiger partial charge in [0.1, 0.15) is 24.2 Å². The predicted octanol–water partition coefficient (Wildman–Crippen LogP) is 2.74. The molecule has 0 spiro atoms. The van der Waals surface area contributed by atoms with Crippen molar-refractivity contribution in [1.82, 2.24) is 10.2 Å². The first-order valence-electron chi connectivity index (χ1n) is 11.7. The molecule has 0 aliphatic carbocycles. The average molecular weight is 482 g/mol. The van der Waals surface area contributed by atoms with Crippen LogP contribution in [0.1, 0.15) is 42.1 Å². The van der Waals surface area contributed by atoms with Crippen molar-refractivity contribution in [2.24, 2.45) is 0 Å². The van der Waals surface area contributed by atoms with Crippen LogP contribution in [0.25, 0.3) is 0 Å². The van der Waals surface area contributed by atoms with Crippen molar-refractivity contribution in [2.45, 2.75) is 51.0 Å². The molecule has 0 aromatic heterocycles. The number of carbonyl (C=O) groups excluding carboxylic acids is 3. The second-order valence-corrected chi connectivity index (χ2v) is 8.85. The van der Waals surface area contributed by atoms with Gasteiger partial charge in [0.25, 0.3) is 5.91 Å². The number of fused-ring (bicyclic) bond motifs is 2. The lowest BCUT2D eigenvalue weighted by Gasteiger charge is -2.42. The molecule has 35 heavy (non-hydrogen) atoms. The number of carbonyl (C=O) groups is 3. The monoisotopic (exact) mass is 481 g/mol. The summed E-state index contributed by atoms with van der Waals surface area (Å²) in [6.45, 7) is 2.05. The molecule has 3 atom stereocenters. The lowest BCUT2D eigenvalue weighted by molar-refractivity contribution is -0.134. The van der Waals surface area contributed by atoms with Crippen molar-refractivity contribution in [3.63, 3.8) is 0 Å². The lowest BCUT2D eigenvalue weighted by Crippen LogP contribution is -2.53. The molecular weight excluding hydrogens is 450 g/mol. The first-order chi connectivity index (χ1) is 16.9. The fourth-order valence-corrected chi connectivity index (χ4v) is 4.63. The van der Waals surface area contributed by atoms with Crippen LogP contribution in [0.5, 0.6) is 11.5 Å². The van der Waals surface area contributed by atoms with Crippen LogP contribution >= 0.6 is 0 Å². The number of benzene rings is 2. The third-order valence-electron chi connectivity index (χ3n) is 6.41. The van der Waals surface area contributed by atoms with Gasteiger partial charge in [0.2, 0.25) is 11.8 Å². The summed E-state index contributed by atoms with van der Waals surface area (Å²) in [5.74, 6) is 0.657. The largest absolute Gasteiger partial charge is 0.496 e. The predicted molar refractivity (Wildman–Crippen MR) is 129 cm³/mol. The molecule has 2 aliphatic heterocycles. The van der Waals surface area contributed by atoms with E-state index in [4.69, 9.17) is 14.2 Å². The third kappa shape index (κ3) is 5.74. The van der Waals surface area contributed by atoms with Crippen molar-refractivity contribution < 1.29 is 28.6 Å². The third-order valence-corrected chi connectivity index (χ3v) is 6.41. The standard InChI is InChI=1S/C26H31N3O6/c1-16(30)28-18-8-11-23-20(12-18)26(32)29(2)21-10-9-19(35-24(21)15-34-23)13-25(31)27-14-17-6-4-5-7-22(17)33-3/h4-8,11-12,19,21,24H,9-10,13-15H2,1-3H3,(H,27,31)(H,28,30)/t19-,21+,24+/m1/s1. The van der Waals surface area contributed by atoms with Crippen LogP contribution in [0.4, 0.5) is 5.69 Å². The summed E-state index contributed by atoms with van der Waals surface area (Å²) in [6, 6.07) is 12.4. The van der Waals surface area contributed by atoms with Crippen LogP contribution in [0.3, 0.4) is 0 Å². The zero-order valence-electron chi connectivity index (χ0n) is 20.2. The molecular formula is C26H31N3O6. The first-order valence-corrected chi connectivity index (χ1v) is 11.7. The fourth-order valence-electron chi connectivity index (χ4n) is 4.63. The second kappa shape index (κ2) is 10.8. The Balaban J connectivity index is 1.38. The topological polar surface area (TPSA) is 106 Å². The summed E-state index contributed by atoms with van der Waals surface area (Å²) in [5, 5.41) is 5.64. The van der Waals surface area contributed by atoms with E-state index in [1.54, 1.807) is 37.3 Å². The highest BCUT2D eigenvalue weighted by Crippen LogP contribution is 2.32. The quantitative estimate of drug-likeness (QED) is 0.657. The lowest BCUT2D eigenvalue weighted by atomic mass is 9.94. The first kappa shape index (κ1) is 24.5. The smallest absolute Gasteiger partial charge is 0.257 e. The Morgan fingerprint density at radius 3 is 2.74 bits per heavy atom. The van der Waals surface area contributed by atoms with Crippen molar-refractivity contribution >= 4 is 23.4 Å². The zero-order valence-corrected chi connectivity index (χ0v) is 20.2. The summed E-state index contributed by atoms with van der Waals surface area (Å²) in [6.07, 6.45) is 0.961. The average Bonchev–Trinajstić information content (AvgIpc) is 2.85. The van der Waals surface area contributed by atoms with E-state index in [1.807, 2.05) is 24.3 Å². The molecule has 4 rings (SSSR count). The number of hydrogen-bond acceptors (Lipinski definition) is 6. The fraction of sp³-hybridized carbons (Fsp3) is 0.423. The highest BCUT2D eigenvalue weighted by Gasteiger charge is 2.39. The SMILES string of the molecule is COc1ccccc1CNC(=O)C[C@H]1CC[C@H]2[C@H](COc3ccc(NC(C)=O)cc3C(=O)N2C)O1. The number of likely N-dealkylation sites (N-methyl/N-ethyl adjacent to an activating group) is 1. The number of hydrogen-bond donors (Lipinski definition) is 2. The van der Waals surface area contributed by atoms with Crippen LogP contribution in [0.15, 0.2) is 42.5 Å². The Labute approximate surface area is 204 Å². The number of rotatable bonds is 6. The molecule has 2 N–H and O–H groups in total. The number of anilines is 1. The van der Waals surface area contributed by atoms with Gasteiger partial charge in [0.05, 0.1) is 31.2 Å². The van der Waals surface area contributed by atoms with E-state index in [-0.39, 0.29) is 49.0 Å². The highest BCUT2D eigenvalue weighted by molar-refractivity contribution is 5.99. The van der Waals surface area contributed by atoms with Crippen LogP contribution < -0.4 is 20.1 Å². The number of ether oxygens (including phenoxy) is 3. The van der Waals surface area contributed by atoms with Crippen LogP contribution in [0, 0.1) is 0 Å². The van der Waals surface area contributed by atoms with E-state index in [2.05, 4.69) is 10.6 Å². The molecule has 1 fully saturated rings. The Morgan fingerprint density at radius 2 is 1.97 bits per heavy atom.